The maximum Gasteiger partial charge on any atom is 0.149 e. The lowest BCUT2D eigenvalue weighted by Gasteiger charge is -2.10. The molecule has 0 fully saturated rings. The van der Waals surface area contributed by atoms with Gasteiger partial charge in [0.2, 0.25) is 0 Å². The van der Waals surface area contributed by atoms with Crippen LogP contribution in [0.4, 0.5) is 0 Å². The van der Waals surface area contributed by atoms with Gasteiger partial charge in [-0.25, -0.2) is 0 Å². The van der Waals surface area contributed by atoms with E-state index in [0.717, 1.165) is 0 Å². The number of ether oxygens (including phenoxy) is 1. The lowest BCUT2D eigenvalue weighted by atomic mass is 10.0. The standard InChI is InChI=1S/C9H19NO2/c1-7(2)6-9(11)8(10)4-5-12-3/h7-8H,4-6,10H2,1-3H3. The number of hydrogen-bond acceptors (Lipinski definition) is 3. The molecule has 1 atom stereocenters. The molecular formula is C9H19NO2. The van der Waals surface area contributed by atoms with Gasteiger partial charge in [0.25, 0.3) is 0 Å². The first-order valence-corrected chi connectivity index (χ1v) is 4.35. The normalized spacial score (nSPS) is 13.4. The van der Waals surface area contributed by atoms with E-state index in [0.29, 0.717) is 25.4 Å². The molecule has 0 saturated carbocycles. The molecule has 0 aromatic carbocycles. The number of ketones is 1. The highest BCUT2D eigenvalue weighted by Crippen LogP contribution is 2.03. The third-order valence-corrected chi connectivity index (χ3v) is 1.66. The number of Topliss-reactive ketones (excluding diaryl/α,β-unsaturated/α-hetero) is 1. The van der Waals surface area contributed by atoms with E-state index >= 15 is 0 Å². The van der Waals surface area contributed by atoms with Gasteiger partial charge in [0, 0.05) is 20.1 Å². The van der Waals surface area contributed by atoms with Crippen molar-refractivity contribution in [2.24, 2.45) is 11.7 Å². The third-order valence-electron chi connectivity index (χ3n) is 1.66. The second-order valence-corrected chi connectivity index (χ2v) is 3.45. The summed E-state index contributed by atoms with van der Waals surface area (Å²) in [5.74, 6) is 0.535. The van der Waals surface area contributed by atoms with Gasteiger partial charge in [-0.2, -0.15) is 0 Å². The van der Waals surface area contributed by atoms with Gasteiger partial charge in [-0.05, 0) is 12.3 Å². The molecule has 0 aliphatic rings. The van der Waals surface area contributed by atoms with Gasteiger partial charge in [-0.15, -0.1) is 0 Å². The summed E-state index contributed by atoms with van der Waals surface area (Å²) < 4.78 is 4.84. The molecule has 0 bridgehead atoms. The topological polar surface area (TPSA) is 52.3 Å². The van der Waals surface area contributed by atoms with Gasteiger partial charge in [0.05, 0.1) is 6.04 Å². The molecule has 0 heterocycles. The van der Waals surface area contributed by atoms with Crippen LogP contribution in [0.3, 0.4) is 0 Å². The highest BCUT2D eigenvalue weighted by molar-refractivity contribution is 5.83. The fraction of sp³-hybridized carbons (Fsp3) is 0.889. The van der Waals surface area contributed by atoms with Gasteiger partial charge in [-0.1, -0.05) is 13.8 Å². The summed E-state index contributed by atoms with van der Waals surface area (Å²) in [5, 5.41) is 0. The maximum absolute atomic E-state index is 11.3. The predicted molar refractivity (Wildman–Crippen MR) is 48.9 cm³/mol. The lowest BCUT2D eigenvalue weighted by molar-refractivity contribution is -0.121. The smallest absolute Gasteiger partial charge is 0.149 e. The second kappa shape index (κ2) is 6.14. The number of methoxy groups -OCH3 is 1. The average Bonchev–Trinajstić information content (AvgIpc) is 1.98. The van der Waals surface area contributed by atoms with Crippen LogP contribution < -0.4 is 5.73 Å². The summed E-state index contributed by atoms with van der Waals surface area (Å²) in [6.07, 6.45) is 1.20. The summed E-state index contributed by atoms with van der Waals surface area (Å²) in [6, 6.07) is -0.340. The monoisotopic (exact) mass is 173 g/mol. The van der Waals surface area contributed by atoms with Crippen molar-refractivity contribution >= 4 is 5.78 Å². The largest absolute Gasteiger partial charge is 0.385 e. The van der Waals surface area contributed by atoms with E-state index in [2.05, 4.69) is 0 Å². The summed E-state index contributed by atoms with van der Waals surface area (Å²) >= 11 is 0. The zero-order chi connectivity index (χ0) is 9.56. The lowest BCUT2D eigenvalue weighted by Crippen LogP contribution is -2.32. The Morgan fingerprint density at radius 3 is 2.50 bits per heavy atom. The minimum atomic E-state index is -0.340. The molecule has 0 spiro atoms. The van der Waals surface area contributed by atoms with Gasteiger partial charge < -0.3 is 10.5 Å². The Labute approximate surface area is 74.3 Å². The summed E-state index contributed by atoms with van der Waals surface area (Å²) in [7, 11) is 1.61. The van der Waals surface area contributed by atoms with Crippen LogP contribution in [0.1, 0.15) is 26.7 Å². The van der Waals surface area contributed by atoms with Crippen molar-refractivity contribution in [1.29, 1.82) is 0 Å². The van der Waals surface area contributed by atoms with Crippen molar-refractivity contribution in [3.05, 3.63) is 0 Å². The minimum absolute atomic E-state index is 0.141. The van der Waals surface area contributed by atoms with Crippen molar-refractivity contribution in [2.75, 3.05) is 13.7 Å². The van der Waals surface area contributed by atoms with Crippen molar-refractivity contribution in [3.8, 4) is 0 Å². The molecule has 0 radical (unpaired) electrons. The van der Waals surface area contributed by atoms with Crippen LogP contribution in [0.5, 0.6) is 0 Å². The Hall–Kier alpha value is -0.410. The number of nitrogens with two attached hydrogens (primary N) is 1. The molecular weight excluding hydrogens is 154 g/mol. The molecule has 3 heteroatoms. The minimum Gasteiger partial charge on any atom is -0.385 e. The van der Waals surface area contributed by atoms with Crippen molar-refractivity contribution in [3.63, 3.8) is 0 Å². The highest BCUT2D eigenvalue weighted by atomic mass is 16.5. The van der Waals surface area contributed by atoms with E-state index in [9.17, 15) is 4.79 Å². The van der Waals surface area contributed by atoms with Crippen LogP contribution >= 0.6 is 0 Å². The van der Waals surface area contributed by atoms with Crippen molar-refractivity contribution in [1.82, 2.24) is 0 Å². The Morgan fingerprint density at radius 2 is 2.08 bits per heavy atom. The molecule has 0 aliphatic heterocycles. The van der Waals surface area contributed by atoms with Crippen LogP contribution in [-0.2, 0) is 9.53 Å². The van der Waals surface area contributed by atoms with Crippen LogP contribution in [0.15, 0.2) is 0 Å². The number of carbonyl (C=O) groups excluding carboxylic acids is 1. The van der Waals surface area contributed by atoms with Gasteiger partial charge in [0.15, 0.2) is 0 Å². The summed E-state index contributed by atoms with van der Waals surface area (Å²) in [4.78, 5) is 11.3. The zero-order valence-corrected chi connectivity index (χ0v) is 8.17. The summed E-state index contributed by atoms with van der Waals surface area (Å²) in [5.41, 5.74) is 5.62. The maximum atomic E-state index is 11.3. The van der Waals surface area contributed by atoms with E-state index in [-0.39, 0.29) is 11.8 Å². The fourth-order valence-corrected chi connectivity index (χ4v) is 0.960. The van der Waals surface area contributed by atoms with Gasteiger partial charge in [0.1, 0.15) is 5.78 Å². The number of carbonyl (C=O) groups is 1. The predicted octanol–water partition coefficient (Wildman–Crippen LogP) is 0.965. The van der Waals surface area contributed by atoms with Crippen LogP contribution in [0.25, 0.3) is 0 Å². The quantitative estimate of drug-likeness (QED) is 0.651. The van der Waals surface area contributed by atoms with E-state index in [1.54, 1.807) is 7.11 Å². The molecule has 2 N–H and O–H groups in total. The Balaban J connectivity index is 3.61. The molecule has 0 rings (SSSR count). The second-order valence-electron chi connectivity index (χ2n) is 3.45. The van der Waals surface area contributed by atoms with E-state index in [1.165, 1.54) is 0 Å². The molecule has 0 aliphatic carbocycles. The van der Waals surface area contributed by atoms with Crippen LogP contribution in [-0.4, -0.2) is 25.5 Å². The molecule has 0 amide bonds. The van der Waals surface area contributed by atoms with Crippen LogP contribution in [0.2, 0.25) is 0 Å². The molecule has 12 heavy (non-hydrogen) atoms. The van der Waals surface area contributed by atoms with E-state index < -0.39 is 0 Å². The third kappa shape index (κ3) is 5.27. The Kier molecular flexibility index (Phi) is 5.93. The fourth-order valence-electron chi connectivity index (χ4n) is 0.960. The van der Waals surface area contributed by atoms with Crippen molar-refractivity contribution < 1.29 is 9.53 Å². The zero-order valence-electron chi connectivity index (χ0n) is 8.17. The van der Waals surface area contributed by atoms with E-state index in [1.807, 2.05) is 13.8 Å². The number of hydrogen-bond donors (Lipinski definition) is 1. The van der Waals surface area contributed by atoms with Crippen LogP contribution in [0, 0.1) is 5.92 Å². The molecule has 72 valence electrons. The number of rotatable bonds is 6. The highest BCUT2D eigenvalue weighted by Gasteiger charge is 2.13. The average molecular weight is 173 g/mol. The van der Waals surface area contributed by atoms with Gasteiger partial charge in [-0.3, -0.25) is 4.79 Å². The molecule has 0 saturated heterocycles. The first-order chi connectivity index (χ1) is 5.57. The first kappa shape index (κ1) is 11.6. The molecule has 3 nitrogen and oxygen atoms in total. The first-order valence-electron chi connectivity index (χ1n) is 4.35. The van der Waals surface area contributed by atoms with Crippen molar-refractivity contribution in [2.45, 2.75) is 32.7 Å². The molecule has 0 aromatic heterocycles. The molecule has 1 unspecified atom stereocenters. The van der Waals surface area contributed by atoms with Gasteiger partial charge >= 0.3 is 0 Å². The Bertz CT molecular complexity index is 134. The Morgan fingerprint density at radius 1 is 1.50 bits per heavy atom. The molecule has 0 aromatic rings. The SMILES string of the molecule is COCCC(N)C(=O)CC(C)C. The van der Waals surface area contributed by atoms with E-state index in [4.69, 9.17) is 10.5 Å². The summed E-state index contributed by atoms with van der Waals surface area (Å²) in [6.45, 7) is 4.59.